The third kappa shape index (κ3) is 6.68. The fourth-order valence-electron chi connectivity index (χ4n) is 2.29. The Hall–Kier alpha value is -2.72. The number of benzene rings is 2. The molecule has 0 amide bonds. The minimum absolute atomic E-state index is 0.0403. The summed E-state index contributed by atoms with van der Waals surface area (Å²) in [6, 6.07) is 7.21. The van der Waals surface area contributed by atoms with Gasteiger partial charge in [-0.1, -0.05) is 44.2 Å². The molecule has 0 fully saturated rings. The van der Waals surface area contributed by atoms with E-state index in [-0.39, 0.29) is 17.8 Å². The summed E-state index contributed by atoms with van der Waals surface area (Å²) < 4.78 is 74.2. The number of halogens is 5. The van der Waals surface area contributed by atoms with E-state index in [0.717, 1.165) is 12.1 Å². The number of hydrogen-bond donors (Lipinski definition) is 2. The number of hydrogen-bond acceptors (Lipinski definition) is 4. The minimum Gasteiger partial charge on any atom is -0.493 e. The van der Waals surface area contributed by atoms with Crippen LogP contribution in [0.25, 0.3) is 6.08 Å². The molecule has 0 bridgehead atoms. The summed E-state index contributed by atoms with van der Waals surface area (Å²) in [7, 11) is -8.25. The van der Waals surface area contributed by atoms with E-state index >= 15 is 0 Å². The summed E-state index contributed by atoms with van der Waals surface area (Å²) in [6.07, 6.45) is 3.18. The maximum atomic E-state index is 12.7. The van der Waals surface area contributed by atoms with Gasteiger partial charge in [0.05, 0.1) is 7.11 Å². The van der Waals surface area contributed by atoms with Crippen molar-refractivity contribution in [1.29, 1.82) is 0 Å². The Bertz CT molecular complexity index is 899. The summed E-state index contributed by atoms with van der Waals surface area (Å²) in [6.45, 7) is 3.85. The molecule has 0 aliphatic rings. The molecule has 2 aromatic carbocycles. The van der Waals surface area contributed by atoms with Crippen LogP contribution in [-0.2, 0) is 0 Å². The summed E-state index contributed by atoms with van der Waals surface area (Å²) >= 11 is 0. The largest absolute Gasteiger partial charge is 0.493 e. The minimum atomic E-state index is -9.72. The van der Waals surface area contributed by atoms with E-state index in [1.54, 1.807) is 30.4 Å². The van der Waals surface area contributed by atoms with Crippen LogP contribution in [0.2, 0.25) is 0 Å². The number of aliphatic hydroxyl groups excluding tert-OH is 1. The van der Waals surface area contributed by atoms with Gasteiger partial charge in [0, 0.05) is 5.69 Å². The number of nitrogens with one attached hydrogen (secondary N) is 1. The van der Waals surface area contributed by atoms with Crippen LogP contribution in [0.4, 0.5) is 25.1 Å². The molecule has 0 aromatic heterocycles. The van der Waals surface area contributed by atoms with Gasteiger partial charge < -0.3 is 19.9 Å². The Morgan fingerprint density at radius 3 is 2.28 bits per heavy atom. The van der Waals surface area contributed by atoms with Gasteiger partial charge in [-0.3, -0.25) is 0 Å². The highest BCUT2D eigenvalue weighted by atomic mass is 32.5. The van der Waals surface area contributed by atoms with E-state index in [9.17, 15) is 24.5 Å². The SMILES string of the molecule is C=CCOc1ccc(/C=C/C(O)Nc2ccc(S(F)(F)(F)(F)F)cc2)cc1OC. The maximum absolute atomic E-state index is 12.7. The third-order valence-electron chi connectivity index (χ3n) is 3.63. The quantitative estimate of drug-likeness (QED) is 0.272. The van der Waals surface area contributed by atoms with Gasteiger partial charge in [0.25, 0.3) is 0 Å². The molecular formula is C19H20F5NO3S. The van der Waals surface area contributed by atoms with Gasteiger partial charge in [-0.05, 0) is 48.0 Å². The van der Waals surface area contributed by atoms with Gasteiger partial charge in [-0.2, -0.15) is 0 Å². The first-order valence-corrected chi connectivity index (χ1v) is 10.2. The highest BCUT2D eigenvalue weighted by Crippen LogP contribution is 3.02. The number of rotatable bonds is 9. The second-order valence-corrected chi connectivity index (χ2v) is 8.36. The Morgan fingerprint density at radius 2 is 1.72 bits per heavy atom. The van der Waals surface area contributed by atoms with Crippen molar-refractivity contribution in [2.75, 3.05) is 19.0 Å². The van der Waals surface area contributed by atoms with E-state index in [1.165, 1.54) is 13.2 Å². The summed E-state index contributed by atoms with van der Waals surface area (Å²) in [5, 5.41) is 12.5. The first-order chi connectivity index (χ1) is 13.3. The van der Waals surface area contributed by atoms with Gasteiger partial charge in [0.2, 0.25) is 0 Å². The monoisotopic (exact) mass is 437 g/mol. The summed E-state index contributed by atoms with van der Waals surface area (Å²) in [5.41, 5.74) is 0.698. The number of aliphatic hydroxyl groups is 1. The van der Waals surface area contributed by atoms with Crippen LogP contribution < -0.4 is 14.8 Å². The number of ether oxygens (including phenoxy) is 2. The fraction of sp³-hybridized carbons (Fsp3) is 0.158. The predicted molar refractivity (Wildman–Crippen MR) is 105 cm³/mol. The van der Waals surface area contributed by atoms with Crippen molar-refractivity contribution in [3.05, 3.63) is 66.8 Å². The van der Waals surface area contributed by atoms with Crippen LogP contribution in [0.1, 0.15) is 5.56 Å². The van der Waals surface area contributed by atoms with Crippen molar-refractivity contribution in [3.63, 3.8) is 0 Å². The van der Waals surface area contributed by atoms with Crippen molar-refractivity contribution >= 4 is 22.0 Å². The summed E-state index contributed by atoms with van der Waals surface area (Å²) in [5.74, 6) is 0.968. The third-order valence-corrected chi connectivity index (χ3v) is 4.79. The van der Waals surface area contributed by atoms with E-state index in [4.69, 9.17) is 9.47 Å². The Morgan fingerprint density at radius 1 is 1.07 bits per heavy atom. The smallest absolute Gasteiger partial charge is 0.310 e. The molecule has 2 N–H and O–H groups in total. The molecule has 29 heavy (non-hydrogen) atoms. The zero-order chi connectivity index (χ0) is 21.8. The molecule has 2 rings (SSSR count). The molecular weight excluding hydrogens is 417 g/mol. The fourth-order valence-corrected chi connectivity index (χ4v) is 2.94. The van der Waals surface area contributed by atoms with Crippen molar-refractivity contribution in [2.45, 2.75) is 11.1 Å². The molecule has 0 heterocycles. The van der Waals surface area contributed by atoms with Gasteiger partial charge in [-0.25, -0.2) is 0 Å². The van der Waals surface area contributed by atoms with Crippen molar-refractivity contribution in [1.82, 2.24) is 0 Å². The summed E-state index contributed by atoms with van der Waals surface area (Å²) in [4.78, 5) is -1.99. The Kier molecular flexibility index (Phi) is 5.91. The molecule has 0 aliphatic carbocycles. The molecule has 10 heteroatoms. The first kappa shape index (κ1) is 22.6. The lowest BCUT2D eigenvalue weighted by Crippen LogP contribution is -2.15. The van der Waals surface area contributed by atoms with E-state index < -0.39 is 21.3 Å². The average Bonchev–Trinajstić information content (AvgIpc) is 2.63. The zero-order valence-electron chi connectivity index (χ0n) is 15.3. The second kappa shape index (κ2) is 7.60. The highest BCUT2D eigenvalue weighted by molar-refractivity contribution is 8.45. The molecule has 1 atom stereocenters. The van der Waals surface area contributed by atoms with Gasteiger partial charge in [0.15, 0.2) is 11.5 Å². The predicted octanol–water partition coefficient (Wildman–Crippen LogP) is 6.36. The Labute approximate surface area is 165 Å². The molecule has 0 radical (unpaired) electrons. The maximum Gasteiger partial charge on any atom is 0.310 e. The molecule has 0 spiro atoms. The molecule has 2 aromatic rings. The first-order valence-electron chi connectivity index (χ1n) is 8.21. The van der Waals surface area contributed by atoms with Gasteiger partial charge in [-0.15, -0.1) is 0 Å². The highest BCUT2D eigenvalue weighted by Gasteiger charge is 2.65. The van der Waals surface area contributed by atoms with Crippen LogP contribution in [0.5, 0.6) is 11.5 Å². The molecule has 4 nitrogen and oxygen atoms in total. The zero-order valence-corrected chi connectivity index (χ0v) is 16.1. The molecule has 0 saturated carbocycles. The lowest BCUT2D eigenvalue weighted by Gasteiger charge is -2.40. The van der Waals surface area contributed by atoms with E-state index in [1.807, 2.05) is 0 Å². The molecule has 160 valence electrons. The number of anilines is 1. The van der Waals surface area contributed by atoms with Crippen LogP contribution in [0.15, 0.2) is 66.1 Å². The average molecular weight is 437 g/mol. The van der Waals surface area contributed by atoms with Gasteiger partial charge >= 0.3 is 10.2 Å². The lowest BCUT2D eigenvalue weighted by atomic mass is 10.2. The molecule has 0 saturated heterocycles. The standard InChI is InChI=1S/C19H20F5NO3S/c1-3-12-28-17-10-4-14(13-18(17)27-2)5-11-19(26)25-15-6-8-16(9-7-15)29(20,21,22,23)24/h3-11,13,19,25-26H,1,12H2,2H3/b11-5+. The van der Waals surface area contributed by atoms with Crippen LogP contribution in [-0.4, -0.2) is 25.1 Å². The number of methoxy groups -OCH3 is 1. The van der Waals surface area contributed by atoms with Crippen LogP contribution in [0, 0.1) is 0 Å². The molecule has 1 unspecified atom stereocenters. The molecule has 0 aliphatic heterocycles. The second-order valence-electron chi connectivity index (χ2n) is 5.95. The normalized spacial score (nSPS) is 15.3. The van der Waals surface area contributed by atoms with Gasteiger partial charge in [0.1, 0.15) is 17.7 Å². The van der Waals surface area contributed by atoms with Crippen LogP contribution >= 0.6 is 10.2 Å². The van der Waals surface area contributed by atoms with Crippen molar-refractivity contribution in [3.8, 4) is 11.5 Å². The topological polar surface area (TPSA) is 50.7 Å². The Balaban J connectivity index is 2.06. The van der Waals surface area contributed by atoms with Crippen LogP contribution in [0.3, 0.4) is 0 Å². The van der Waals surface area contributed by atoms with E-state index in [2.05, 4.69) is 11.9 Å². The lowest BCUT2D eigenvalue weighted by molar-refractivity contribution is 0.253. The van der Waals surface area contributed by atoms with Crippen molar-refractivity contribution in [2.24, 2.45) is 0 Å². The van der Waals surface area contributed by atoms with E-state index in [0.29, 0.717) is 23.7 Å². The van der Waals surface area contributed by atoms with Crippen molar-refractivity contribution < 1.29 is 34.0 Å².